The smallest absolute Gasteiger partial charge is 0.261 e. The predicted molar refractivity (Wildman–Crippen MR) is 102 cm³/mol. The first-order valence-electron chi connectivity index (χ1n) is 9.09. The molecule has 0 atom stereocenters. The third-order valence-electron chi connectivity index (χ3n) is 4.37. The van der Waals surface area contributed by atoms with Gasteiger partial charge in [-0.2, -0.15) is 5.10 Å². The zero-order valence-corrected chi connectivity index (χ0v) is 16.4. The fourth-order valence-electron chi connectivity index (χ4n) is 3.25. The van der Waals surface area contributed by atoms with Crippen LogP contribution in [0.3, 0.4) is 0 Å². The van der Waals surface area contributed by atoms with Crippen molar-refractivity contribution in [3.8, 4) is 0 Å². The Labute approximate surface area is 158 Å². The molecule has 1 N–H and O–H groups in total. The number of hydrogen-bond donors (Lipinski definition) is 1. The van der Waals surface area contributed by atoms with Crippen molar-refractivity contribution >= 4 is 23.0 Å². The number of amides is 1. The number of hydrogen-bond acceptors (Lipinski definition) is 5. The molecular weight excluding hydrogens is 348 g/mol. The van der Waals surface area contributed by atoms with Gasteiger partial charge in [0.1, 0.15) is 0 Å². The van der Waals surface area contributed by atoms with Gasteiger partial charge in [0.25, 0.3) is 5.91 Å². The van der Waals surface area contributed by atoms with Gasteiger partial charge in [-0.25, -0.2) is 0 Å². The van der Waals surface area contributed by atoms with Gasteiger partial charge in [0.05, 0.1) is 27.7 Å². The lowest BCUT2D eigenvalue weighted by Gasteiger charge is -2.21. The van der Waals surface area contributed by atoms with Gasteiger partial charge >= 0.3 is 0 Å². The molecule has 2 aromatic heterocycles. The van der Waals surface area contributed by atoms with Gasteiger partial charge in [0.15, 0.2) is 5.78 Å². The fourth-order valence-corrected chi connectivity index (χ4v) is 4.07. The molecule has 0 radical (unpaired) electrons. The third kappa shape index (κ3) is 4.59. The summed E-state index contributed by atoms with van der Waals surface area (Å²) in [5.41, 5.74) is 2.09. The molecule has 1 aliphatic heterocycles. The molecule has 0 aliphatic carbocycles. The molecule has 3 rings (SSSR count). The topological polar surface area (TPSA) is 67.2 Å². The van der Waals surface area contributed by atoms with Crippen LogP contribution in [-0.2, 0) is 19.6 Å². The van der Waals surface area contributed by atoms with Crippen LogP contribution in [-0.4, -0.2) is 39.5 Å². The number of carbonyl (C=O) groups excluding carboxylic acids is 2. The SMILES string of the molecule is CC(=O)c1ccc(C(=O)NCc2cc3n(n2)CCCN(CC(C)C)C3)s1. The highest BCUT2D eigenvalue weighted by Gasteiger charge is 2.18. The molecule has 0 saturated heterocycles. The summed E-state index contributed by atoms with van der Waals surface area (Å²) < 4.78 is 2.07. The Bertz CT molecular complexity index is 793. The molecule has 0 saturated carbocycles. The number of fused-ring (bicyclic) bond motifs is 1. The highest BCUT2D eigenvalue weighted by Crippen LogP contribution is 2.18. The van der Waals surface area contributed by atoms with E-state index in [1.807, 2.05) is 0 Å². The number of nitrogens with zero attached hydrogens (tertiary/aromatic N) is 3. The van der Waals surface area contributed by atoms with Crippen LogP contribution in [0, 0.1) is 5.92 Å². The Morgan fingerprint density at radius 2 is 2.04 bits per heavy atom. The molecule has 3 heterocycles. The molecule has 0 unspecified atom stereocenters. The van der Waals surface area contributed by atoms with Gasteiger partial charge in [-0.15, -0.1) is 11.3 Å². The van der Waals surface area contributed by atoms with Gasteiger partial charge in [0.2, 0.25) is 0 Å². The minimum atomic E-state index is -0.160. The van der Waals surface area contributed by atoms with Crippen molar-refractivity contribution in [1.29, 1.82) is 0 Å². The van der Waals surface area contributed by atoms with E-state index >= 15 is 0 Å². The van der Waals surface area contributed by atoms with Gasteiger partial charge < -0.3 is 5.32 Å². The van der Waals surface area contributed by atoms with Crippen LogP contribution < -0.4 is 5.32 Å². The number of thiophene rings is 1. The van der Waals surface area contributed by atoms with Crippen molar-refractivity contribution in [2.24, 2.45) is 5.92 Å². The number of nitrogens with one attached hydrogen (secondary N) is 1. The van der Waals surface area contributed by atoms with Crippen molar-refractivity contribution in [2.45, 2.75) is 46.8 Å². The lowest BCUT2D eigenvalue weighted by molar-refractivity contribution is 0.0953. The van der Waals surface area contributed by atoms with E-state index in [-0.39, 0.29) is 11.7 Å². The molecule has 0 fully saturated rings. The molecule has 140 valence electrons. The summed E-state index contributed by atoms with van der Waals surface area (Å²) >= 11 is 1.23. The van der Waals surface area contributed by atoms with Crippen LogP contribution >= 0.6 is 11.3 Å². The van der Waals surface area contributed by atoms with E-state index in [0.29, 0.717) is 22.2 Å². The van der Waals surface area contributed by atoms with Crippen molar-refractivity contribution < 1.29 is 9.59 Å². The van der Waals surface area contributed by atoms with Gasteiger partial charge in [-0.05, 0) is 37.5 Å². The van der Waals surface area contributed by atoms with Crippen molar-refractivity contribution in [1.82, 2.24) is 20.0 Å². The van der Waals surface area contributed by atoms with Crippen molar-refractivity contribution in [3.63, 3.8) is 0 Å². The van der Waals surface area contributed by atoms with E-state index in [2.05, 4.69) is 39.9 Å². The molecule has 6 nitrogen and oxygen atoms in total. The minimum absolute atomic E-state index is 0.0159. The van der Waals surface area contributed by atoms with Crippen LogP contribution in [0.15, 0.2) is 18.2 Å². The maximum absolute atomic E-state index is 12.3. The maximum atomic E-state index is 12.3. The number of rotatable bonds is 6. The summed E-state index contributed by atoms with van der Waals surface area (Å²) in [7, 11) is 0. The summed E-state index contributed by atoms with van der Waals surface area (Å²) in [6, 6.07) is 5.49. The Kier molecular flexibility index (Phi) is 5.88. The Balaban J connectivity index is 1.61. The lowest BCUT2D eigenvalue weighted by atomic mass is 10.2. The molecule has 1 amide bonds. The second-order valence-electron chi connectivity index (χ2n) is 7.24. The molecule has 2 aromatic rings. The van der Waals surface area contributed by atoms with E-state index in [0.717, 1.165) is 38.3 Å². The average Bonchev–Trinajstić information content (AvgIpc) is 3.16. The second-order valence-corrected chi connectivity index (χ2v) is 8.32. The van der Waals surface area contributed by atoms with Crippen molar-refractivity contribution in [3.05, 3.63) is 39.3 Å². The monoisotopic (exact) mass is 374 g/mol. The van der Waals surface area contributed by atoms with Gasteiger partial charge in [-0.1, -0.05) is 13.8 Å². The standard InChI is InChI=1S/C19H26N4O2S/c1-13(2)11-22-7-4-8-23-16(12-22)9-15(21-23)10-20-19(25)18-6-5-17(26-18)14(3)24/h5-6,9,13H,4,7-8,10-12H2,1-3H3,(H,20,25). The summed E-state index contributed by atoms with van der Waals surface area (Å²) in [5, 5.41) is 7.55. The number of aromatic nitrogens is 2. The van der Waals surface area contributed by atoms with E-state index in [1.165, 1.54) is 24.0 Å². The number of aryl methyl sites for hydroxylation is 1. The summed E-state index contributed by atoms with van der Waals surface area (Å²) in [4.78, 5) is 27.3. The van der Waals surface area contributed by atoms with E-state index in [4.69, 9.17) is 0 Å². The molecule has 0 spiro atoms. The minimum Gasteiger partial charge on any atom is -0.346 e. The van der Waals surface area contributed by atoms with E-state index in [1.54, 1.807) is 12.1 Å². The molecule has 1 aliphatic rings. The zero-order chi connectivity index (χ0) is 18.7. The molecular formula is C19H26N4O2S. The number of carbonyl (C=O) groups is 2. The van der Waals surface area contributed by atoms with E-state index < -0.39 is 0 Å². The predicted octanol–water partition coefficient (Wildman–Crippen LogP) is 2.94. The summed E-state index contributed by atoms with van der Waals surface area (Å²) in [5.74, 6) is 0.471. The summed E-state index contributed by atoms with van der Waals surface area (Å²) in [6.45, 7) is 10.4. The van der Waals surface area contributed by atoms with Crippen molar-refractivity contribution in [2.75, 3.05) is 13.1 Å². The fraction of sp³-hybridized carbons (Fsp3) is 0.526. The second kappa shape index (κ2) is 8.14. The first-order valence-corrected chi connectivity index (χ1v) is 9.91. The van der Waals surface area contributed by atoms with E-state index in [9.17, 15) is 9.59 Å². The Morgan fingerprint density at radius 1 is 1.27 bits per heavy atom. The number of Topliss-reactive ketones (excluding diaryl/α,β-unsaturated/α-hetero) is 1. The largest absolute Gasteiger partial charge is 0.346 e. The average molecular weight is 375 g/mol. The quantitative estimate of drug-likeness (QED) is 0.790. The summed E-state index contributed by atoms with van der Waals surface area (Å²) in [6.07, 6.45) is 1.09. The lowest BCUT2D eigenvalue weighted by Crippen LogP contribution is -2.27. The van der Waals surface area contributed by atoms with Crippen LogP contribution in [0.4, 0.5) is 0 Å². The van der Waals surface area contributed by atoms with Crippen LogP contribution in [0.5, 0.6) is 0 Å². The Hall–Kier alpha value is -1.99. The van der Waals surface area contributed by atoms with Gasteiger partial charge in [-0.3, -0.25) is 19.2 Å². The third-order valence-corrected chi connectivity index (χ3v) is 5.56. The first-order chi connectivity index (χ1) is 12.4. The van der Waals surface area contributed by atoms with Crippen LogP contribution in [0.25, 0.3) is 0 Å². The normalized spacial score (nSPS) is 14.9. The molecule has 7 heteroatoms. The van der Waals surface area contributed by atoms with Crippen LogP contribution in [0.2, 0.25) is 0 Å². The molecule has 0 aromatic carbocycles. The zero-order valence-electron chi connectivity index (χ0n) is 15.6. The molecule has 0 bridgehead atoms. The van der Waals surface area contributed by atoms with Gasteiger partial charge in [0, 0.05) is 26.2 Å². The van der Waals surface area contributed by atoms with Crippen LogP contribution in [0.1, 0.15) is 57.9 Å². The highest BCUT2D eigenvalue weighted by atomic mass is 32.1. The number of ketones is 1. The maximum Gasteiger partial charge on any atom is 0.261 e. The first kappa shape index (κ1) is 18.8. The molecule has 26 heavy (non-hydrogen) atoms. The highest BCUT2D eigenvalue weighted by molar-refractivity contribution is 7.15. The Morgan fingerprint density at radius 3 is 2.73 bits per heavy atom.